The number of hydrogen-bond donors (Lipinski definition) is 3. The highest BCUT2D eigenvalue weighted by Crippen LogP contribution is 2.45. The average molecular weight is 1480 g/mol. The van der Waals surface area contributed by atoms with Crippen LogP contribution in [0.5, 0.6) is 0 Å². The molecule has 101 heavy (non-hydrogen) atoms. The Morgan fingerprint density at radius 2 is 0.505 bits per heavy atom. The van der Waals surface area contributed by atoms with Crippen molar-refractivity contribution in [2.45, 2.75) is 446 Å². The first kappa shape index (κ1) is 99.1. The lowest BCUT2D eigenvalue weighted by molar-refractivity contribution is -0.161. The Bertz CT molecular complexity index is 1960. The maximum absolute atomic E-state index is 13.1. The monoisotopic (exact) mass is 1480 g/mol. The normalized spacial score (nSPS) is 14.5. The summed E-state index contributed by atoms with van der Waals surface area (Å²) in [5, 5.41) is 10.6. The third-order valence-corrected chi connectivity index (χ3v) is 21.8. The van der Waals surface area contributed by atoms with Gasteiger partial charge in [0.1, 0.15) is 19.3 Å². The number of hydrogen-bond acceptors (Lipinski definition) is 15. The Hall–Kier alpha value is -1.94. The predicted octanol–water partition coefficient (Wildman–Crippen LogP) is 24.5. The standard InChI is InChI=1S/C82H160O17P2/c1-8-11-12-13-14-15-16-17-18-19-20-21-22-23-28-31-37-42-51-58-65-81(86)98-77(69-92-79(84)63-56-49-41-36-30-27-25-24-26-29-34-39-46-53-60-73(4)5)71-96-100(88,89)94-67-76(83)68-95-101(90,91)97-72-78(70-93-80(85)64-57-50-45-44-48-55-62-75(7)10-3)99-82(87)66-59-52-43-38-33-32-35-40-47-54-61-74(6)9-2/h73-78,83H,8-72H2,1-7H3,(H,88,89)(H,90,91)/t74?,75?,76-,77-,78-/m1/s1. The zero-order valence-corrected chi connectivity index (χ0v) is 68.2. The summed E-state index contributed by atoms with van der Waals surface area (Å²) in [6, 6.07) is 0. The first-order valence-corrected chi connectivity index (χ1v) is 45.4. The van der Waals surface area contributed by atoms with Crippen LogP contribution < -0.4 is 0 Å². The molecule has 7 atom stereocenters. The maximum atomic E-state index is 13.1. The fourth-order valence-electron chi connectivity index (χ4n) is 12.6. The van der Waals surface area contributed by atoms with Crippen LogP contribution >= 0.6 is 15.6 Å². The van der Waals surface area contributed by atoms with Crippen LogP contribution in [0.1, 0.15) is 427 Å². The van der Waals surface area contributed by atoms with Gasteiger partial charge in [-0.15, -0.1) is 0 Å². The van der Waals surface area contributed by atoms with Crippen molar-refractivity contribution >= 4 is 39.5 Å². The van der Waals surface area contributed by atoms with Crippen LogP contribution in [-0.2, 0) is 65.4 Å². The van der Waals surface area contributed by atoms with E-state index in [2.05, 4.69) is 48.5 Å². The summed E-state index contributed by atoms with van der Waals surface area (Å²) in [7, 11) is -9.92. The second kappa shape index (κ2) is 72.3. The van der Waals surface area contributed by atoms with E-state index in [4.69, 9.17) is 37.0 Å². The molecule has 19 heteroatoms. The Balaban J connectivity index is 5.24. The lowest BCUT2D eigenvalue weighted by Gasteiger charge is -2.21. The molecule has 0 saturated carbocycles. The minimum absolute atomic E-state index is 0.105. The first-order chi connectivity index (χ1) is 48.8. The van der Waals surface area contributed by atoms with E-state index in [1.807, 2.05) is 0 Å². The number of phosphoric acid groups is 2. The minimum Gasteiger partial charge on any atom is -0.462 e. The van der Waals surface area contributed by atoms with Gasteiger partial charge < -0.3 is 33.8 Å². The van der Waals surface area contributed by atoms with Crippen molar-refractivity contribution in [1.29, 1.82) is 0 Å². The lowest BCUT2D eigenvalue weighted by Crippen LogP contribution is -2.30. The summed E-state index contributed by atoms with van der Waals surface area (Å²) in [5.41, 5.74) is 0. The second-order valence-corrected chi connectivity index (χ2v) is 33.4. The number of rotatable bonds is 80. The van der Waals surface area contributed by atoms with Crippen LogP contribution in [-0.4, -0.2) is 96.7 Å². The van der Waals surface area contributed by atoms with Crippen LogP contribution in [0.15, 0.2) is 0 Å². The molecule has 3 N–H and O–H groups in total. The second-order valence-electron chi connectivity index (χ2n) is 30.5. The van der Waals surface area contributed by atoms with Crippen molar-refractivity contribution in [1.82, 2.24) is 0 Å². The van der Waals surface area contributed by atoms with Gasteiger partial charge in [0, 0.05) is 25.7 Å². The van der Waals surface area contributed by atoms with Gasteiger partial charge in [0.05, 0.1) is 26.4 Å². The molecule has 0 heterocycles. The van der Waals surface area contributed by atoms with Gasteiger partial charge in [-0.05, 0) is 43.4 Å². The third kappa shape index (κ3) is 73.4. The molecule has 0 aliphatic rings. The van der Waals surface area contributed by atoms with E-state index in [0.717, 1.165) is 114 Å². The van der Waals surface area contributed by atoms with Gasteiger partial charge in [-0.25, -0.2) is 9.13 Å². The molecule has 4 unspecified atom stereocenters. The van der Waals surface area contributed by atoms with Crippen LogP contribution in [0.2, 0.25) is 0 Å². The fraction of sp³-hybridized carbons (Fsp3) is 0.951. The van der Waals surface area contributed by atoms with Crippen LogP contribution in [0.3, 0.4) is 0 Å². The highest BCUT2D eigenvalue weighted by molar-refractivity contribution is 7.47. The molecular weight excluding hydrogens is 1320 g/mol. The van der Waals surface area contributed by atoms with E-state index >= 15 is 0 Å². The number of carbonyl (C=O) groups is 4. The number of phosphoric ester groups is 2. The Morgan fingerprint density at radius 3 is 0.752 bits per heavy atom. The smallest absolute Gasteiger partial charge is 0.462 e. The van der Waals surface area contributed by atoms with Gasteiger partial charge >= 0.3 is 39.5 Å². The topological polar surface area (TPSA) is 237 Å². The van der Waals surface area contributed by atoms with Gasteiger partial charge in [0.15, 0.2) is 12.2 Å². The zero-order valence-electron chi connectivity index (χ0n) is 66.4. The van der Waals surface area contributed by atoms with Crippen molar-refractivity contribution in [2.24, 2.45) is 17.8 Å². The van der Waals surface area contributed by atoms with Gasteiger partial charge in [-0.1, -0.05) is 376 Å². The predicted molar refractivity (Wildman–Crippen MR) is 414 cm³/mol. The van der Waals surface area contributed by atoms with Gasteiger partial charge in [-0.3, -0.25) is 37.3 Å². The van der Waals surface area contributed by atoms with E-state index in [-0.39, 0.29) is 25.7 Å². The van der Waals surface area contributed by atoms with Crippen molar-refractivity contribution in [3.8, 4) is 0 Å². The number of aliphatic hydroxyl groups is 1. The third-order valence-electron chi connectivity index (χ3n) is 19.9. The summed E-state index contributed by atoms with van der Waals surface area (Å²) in [6.45, 7) is 12.0. The number of ether oxygens (including phenoxy) is 4. The SMILES string of the molecule is CCCCCCCCCCCCCCCCCCCCCCC(=O)O[C@H](COC(=O)CCCCCCCCCCCCCCCCC(C)C)COP(=O)(O)OC[C@@H](O)COP(=O)(O)OC[C@@H](COC(=O)CCCCCCCCC(C)CC)OC(=O)CCCCCCCCCCCCC(C)CC. The van der Waals surface area contributed by atoms with Crippen LogP contribution in [0, 0.1) is 17.8 Å². The molecule has 0 saturated heterocycles. The lowest BCUT2D eigenvalue weighted by atomic mass is 9.99. The van der Waals surface area contributed by atoms with E-state index in [1.54, 1.807) is 0 Å². The zero-order chi connectivity index (χ0) is 74.4. The number of carbonyl (C=O) groups excluding carboxylic acids is 4. The molecule has 0 rings (SSSR count). The summed E-state index contributed by atoms with van der Waals surface area (Å²) < 4.78 is 68.7. The van der Waals surface area contributed by atoms with Crippen molar-refractivity contribution < 1.29 is 80.2 Å². The highest BCUT2D eigenvalue weighted by atomic mass is 31.2. The van der Waals surface area contributed by atoms with Crippen molar-refractivity contribution in [2.75, 3.05) is 39.6 Å². The molecule has 0 aromatic carbocycles. The van der Waals surface area contributed by atoms with E-state index in [9.17, 15) is 43.2 Å². The molecule has 600 valence electrons. The van der Waals surface area contributed by atoms with E-state index < -0.39 is 97.5 Å². The molecule has 0 amide bonds. The van der Waals surface area contributed by atoms with Crippen LogP contribution in [0.25, 0.3) is 0 Å². The molecule has 0 spiro atoms. The summed E-state index contributed by atoms with van der Waals surface area (Å²) in [5.74, 6) is 0.221. The number of esters is 4. The quantitative estimate of drug-likeness (QED) is 0.0222. The molecule has 0 radical (unpaired) electrons. The number of aliphatic hydroxyl groups excluding tert-OH is 1. The van der Waals surface area contributed by atoms with Gasteiger partial charge in [0.2, 0.25) is 0 Å². The Morgan fingerprint density at radius 1 is 0.287 bits per heavy atom. The highest BCUT2D eigenvalue weighted by Gasteiger charge is 2.30. The minimum atomic E-state index is -4.96. The molecular formula is C82H160O17P2. The molecule has 0 aliphatic heterocycles. The first-order valence-electron chi connectivity index (χ1n) is 42.4. The van der Waals surface area contributed by atoms with Gasteiger partial charge in [-0.2, -0.15) is 0 Å². The van der Waals surface area contributed by atoms with Gasteiger partial charge in [0.25, 0.3) is 0 Å². The largest absolute Gasteiger partial charge is 0.472 e. The summed E-state index contributed by atoms with van der Waals surface area (Å²) in [6.07, 6.45) is 61.1. The maximum Gasteiger partial charge on any atom is 0.472 e. The summed E-state index contributed by atoms with van der Waals surface area (Å²) >= 11 is 0. The molecule has 0 aliphatic carbocycles. The molecule has 0 fully saturated rings. The van der Waals surface area contributed by atoms with Crippen molar-refractivity contribution in [3.63, 3.8) is 0 Å². The Kier molecular flexibility index (Phi) is 70.9. The number of unbranched alkanes of at least 4 members (excludes halogenated alkanes) is 46. The molecule has 0 bridgehead atoms. The molecule has 0 aromatic rings. The average Bonchev–Trinajstić information content (AvgIpc) is 0.920. The Labute approximate surface area is 619 Å². The molecule has 17 nitrogen and oxygen atoms in total. The molecule has 0 aromatic heterocycles. The van der Waals surface area contributed by atoms with E-state index in [1.165, 1.54) is 231 Å². The summed E-state index contributed by atoms with van der Waals surface area (Å²) in [4.78, 5) is 73.1. The fourth-order valence-corrected chi connectivity index (χ4v) is 14.2. The van der Waals surface area contributed by atoms with Crippen LogP contribution in [0.4, 0.5) is 0 Å². The van der Waals surface area contributed by atoms with Crippen molar-refractivity contribution in [3.05, 3.63) is 0 Å². The van der Waals surface area contributed by atoms with E-state index in [0.29, 0.717) is 25.7 Å².